The summed E-state index contributed by atoms with van der Waals surface area (Å²) < 4.78 is 1.76. The van der Waals surface area contributed by atoms with Crippen molar-refractivity contribution in [3.8, 4) is 11.1 Å². The molecule has 34 heavy (non-hydrogen) atoms. The largest absolute Gasteiger partial charge is 0.395 e. The number of fused-ring (bicyclic) bond motifs is 1. The highest BCUT2D eigenvalue weighted by Crippen LogP contribution is 2.26. The average Bonchev–Trinajstić information content (AvgIpc) is 3.55. The smallest absolute Gasteiger partial charge is 0.251 e. The summed E-state index contributed by atoms with van der Waals surface area (Å²) in [7, 11) is 1.99. The third-order valence-electron chi connectivity index (χ3n) is 5.88. The minimum atomic E-state index is -0.0318. The van der Waals surface area contributed by atoms with Crippen LogP contribution in [0, 0.1) is 0 Å². The zero-order valence-electron chi connectivity index (χ0n) is 19.1. The molecule has 0 unspecified atom stereocenters. The summed E-state index contributed by atoms with van der Waals surface area (Å²) in [5.74, 6) is 0.459. The Bertz CT molecular complexity index is 1280. The van der Waals surface area contributed by atoms with Crippen molar-refractivity contribution in [3.63, 3.8) is 0 Å². The first-order valence-electron chi connectivity index (χ1n) is 11.5. The molecule has 0 aliphatic heterocycles. The minimum absolute atomic E-state index is 0.0318. The van der Waals surface area contributed by atoms with E-state index in [4.69, 9.17) is 10.1 Å². The summed E-state index contributed by atoms with van der Waals surface area (Å²) in [6.07, 6.45) is 4.01. The van der Waals surface area contributed by atoms with Crippen molar-refractivity contribution in [2.75, 3.05) is 25.5 Å². The SMILES string of the molecule is CN(CCO)Cc1ccc(-c2cccn3nc(Nc4ccc(C(=O)NC5CC5)cc4)nc23)cc1. The van der Waals surface area contributed by atoms with Crippen molar-refractivity contribution in [1.82, 2.24) is 24.8 Å². The number of pyridine rings is 1. The molecule has 1 amide bonds. The van der Waals surface area contributed by atoms with Crippen LogP contribution in [0.25, 0.3) is 16.8 Å². The molecule has 0 spiro atoms. The standard InChI is InChI=1S/C26H28N6O2/c1-31(15-16-33)17-18-4-6-19(7-5-18)23-3-2-14-32-24(23)29-26(30-32)28-22-10-8-20(9-11-22)25(34)27-21-12-13-21/h2-11,14,21,33H,12-13,15-17H2,1H3,(H,27,34)(H,28,30). The van der Waals surface area contributed by atoms with Gasteiger partial charge >= 0.3 is 0 Å². The van der Waals surface area contributed by atoms with Gasteiger partial charge in [0.05, 0.1) is 6.61 Å². The Balaban J connectivity index is 1.32. The first-order chi connectivity index (χ1) is 16.6. The fraction of sp³-hybridized carbons (Fsp3) is 0.269. The van der Waals surface area contributed by atoms with E-state index in [2.05, 4.69) is 44.9 Å². The molecular weight excluding hydrogens is 428 g/mol. The lowest BCUT2D eigenvalue weighted by atomic mass is 10.0. The topological polar surface area (TPSA) is 94.8 Å². The second kappa shape index (κ2) is 9.62. The van der Waals surface area contributed by atoms with E-state index in [0.29, 0.717) is 24.1 Å². The van der Waals surface area contributed by atoms with Crippen LogP contribution in [0.3, 0.4) is 0 Å². The number of hydrogen-bond acceptors (Lipinski definition) is 6. The van der Waals surface area contributed by atoms with Crippen LogP contribution in [0.2, 0.25) is 0 Å². The van der Waals surface area contributed by atoms with Crippen molar-refractivity contribution >= 4 is 23.2 Å². The Morgan fingerprint density at radius 3 is 2.59 bits per heavy atom. The maximum Gasteiger partial charge on any atom is 0.251 e. The van der Waals surface area contributed by atoms with Crippen LogP contribution in [0.15, 0.2) is 66.9 Å². The van der Waals surface area contributed by atoms with Crippen LogP contribution >= 0.6 is 0 Å². The maximum atomic E-state index is 12.2. The number of nitrogens with zero attached hydrogens (tertiary/aromatic N) is 4. The quantitative estimate of drug-likeness (QED) is 0.357. The number of carbonyl (C=O) groups is 1. The van der Waals surface area contributed by atoms with E-state index >= 15 is 0 Å². The number of amides is 1. The van der Waals surface area contributed by atoms with Gasteiger partial charge in [-0.05, 0) is 67.4 Å². The second-order valence-electron chi connectivity index (χ2n) is 8.73. The molecule has 2 aromatic carbocycles. The van der Waals surface area contributed by atoms with Crippen molar-refractivity contribution in [3.05, 3.63) is 78.0 Å². The number of aliphatic hydroxyl groups excluding tert-OH is 1. The molecular formula is C26H28N6O2. The first kappa shape index (κ1) is 22.1. The molecule has 2 aromatic heterocycles. The minimum Gasteiger partial charge on any atom is -0.395 e. The number of anilines is 2. The van der Waals surface area contributed by atoms with Gasteiger partial charge in [0.1, 0.15) is 0 Å². The Hall–Kier alpha value is -3.75. The molecule has 0 saturated heterocycles. The molecule has 2 heterocycles. The predicted octanol–water partition coefficient (Wildman–Crippen LogP) is 3.46. The van der Waals surface area contributed by atoms with Gasteiger partial charge in [0.2, 0.25) is 5.95 Å². The normalized spacial score (nSPS) is 13.4. The summed E-state index contributed by atoms with van der Waals surface area (Å²) >= 11 is 0. The molecule has 4 aromatic rings. The van der Waals surface area contributed by atoms with Crippen molar-refractivity contribution in [2.45, 2.75) is 25.4 Å². The van der Waals surface area contributed by atoms with Crippen LogP contribution in [0.4, 0.5) is 11.6 Å². The number of benzene rings is 2. The molecule has 0 bridgehead atoms. The number of aromatic nitrogens is 3. The number of carbonyl (C=O) groups excluding carboxylic acids is 1. The predicted molar refractivity (Wildman–Crippen MR) is 132 cm³/mol. The van der Waals surface area contributed by atoms with E-state index in [0.717, 1.165) is 41.8 Å². The Morgan fingerprint density at radius 2 is 1.88 bits per heavy atom. The summed E-state index contributed by atoms with van der Waals surface area (Å²) in [6, 6.07) is 20.0. The average molecular weight is 457 g/mol. The van der Waals surface area contributed by atoms with Crippen LogP contribution in [-0.2, 0) is 6.54 Å². The van der Waals surface area contributed by atoms with Gasteiger partial charge in [-0.25, -0.2) is 4.52 Å². The van der Waals surface area contributed by atoms with Gasteiger partial charge in [-0.15, -0.1) is 5.10 Å². The van der Waals surface area contributed by atoms with E-state index in [1.165, 1.54) is 5.56 Å². The van der Waals surface area contributed by atoms with Crippen LogP contribution < -0.4 is 10.6 Å². The van der Waals surface area contributed by atoms with E-state index in [1.54, 1.807) is 16.6 Å². The molecule has 8 heteroatoms. The van der Waals surface area contributed by atoms with Gasteiger partial charge in [-0.1, -0.05) is 24.3 Å². The first-order valence-corrected chi connectivity index (χ1v) is 11.5. The van der Waals surface area contributed by atoms with E-state index in [-0.39, 0.29) is 12.5 Å². The third-order valence-corrected chi connectivity index (χ3v) is 5.88. The maximum absolute atomic E-state index is 12.2. The summed E-state index contributed by atoms with van der Waals surface area (Å²) in [6.45, 7) is 1.58. The van der Waals surface area contributed by atoms with Gasteiger partial charge in [0, 0.05) is 42.1 Å². The molecule has 1 fully saturated rings. The van der Waals surface area contributed by atoms with Crippen LogP contribution in [0.5, 0.6) is 0 Å². The molecule has 174 valence electrons. The van der Waals surface area contributed by atoms with Gasteiger partial charge in [0.25, 0.3) is 5.91 Å². The monoisotopic (exact) mass is 456 g/mol. The number of nitrogens with one attached hydrogen (secondary N) is 2. The molecule has 5 rings (SSSR count). The highest BCUT2D eigenvalue weighted by atomic mass is 16.3. The number of hydrogen-bond donors (Lipinski definition) is 3. The highest BCUT2D eigenvalue weighted by molar-refractivity contribution is 5.95. The lowest BCUT2D eigenvalue weighted by molar-refractivity contribution is 0.0951. The number of rotatable bonds is 9. The molecule has 1 saturated carbocycles. The van der Waals surface area contributed by atoms with Gasteiger partial charge in [-0.2, -0.15) is 4.98 Å². The van der Waals surface area contributed by atoms with Crippen molar-refractivity contribution in [2.24, 2.45) is 0 Å². The van der Waals surface area contributed by atoms with Crippen LogP contribution in [0.1, 0.15) is 28.8 Å². The molecule has 1 aliphatic rings. The van der Waals surface area contributed by atoms with E-state index in [1.807, 2.05) is 37.5 Å². The van der Waals surface area contributed by atoms with Gasteiger partial charge in [-0.3, -0.25) is 9.69 Å². The zero-order valence-corrected chi connectivity index (χ0v) is 19.1. The fourth-order valence-electron chi connectivity index (χ4n) is 3.87. The fourth-order valence-corrected chi connectivity index (χ4v) is 3.87. The number of likely N-dealkylation sites (N-methyl/N-ethyl adjacent to an activating group) is 1. The van der Waals surface area contributed by atoms with Crippen LogP contribution in [-0.4, -0.2) is 56.8 Å². The lowest BCUT2D eigenvalue weighted by Crippen LogP contribution is -2.25. The van der Waals surface area contributed by atoms with Gasteiger partial charge in [0.15, 0.2) is 5.65 Å². The summed E-state index contributed by atoms with van der Waals surface area (Å²) in [4.78, 5) is 19.0. The Labute approximate surface area is 198 Å². The zero-order chi connectivity index (χ0) is 23.5. The molecule has 1 aliphatic carbocycles. The van der Waals surface area contributed by atoms with Gasteiger partial charge < -0.3 is 15.7 Å². The van der Waals surface area contributed by atoms with E-state index < -0.39 is 0 Å². The molecule has 0 radical (unpaired) electrons. The highest BCUT2D eigenvalue weighted by Gasteiger charge is 2.23. The second-order valence-corrected chi connectivity index (χ2v) is 8.73. The van der Waals surface area contributed by atoms with Crippen molar-refractivity contribution < 1.29 is 9.90 Å². The molecule has 0 atom stereocenters. The summed E-state index contributed by atoms with van der Waals surface area (Å²) in [5.41, 5.74) is 5.46. The van der Waals surface area contributed by atoms with E-state index in [9.17, 15) is 4.79 Å². The summed E-state index contributed by atoms with van der Waals surface area (Å²) in [5, 5.41) is 19.9. The lowest BCUT2D eigenvalue weighted by Gasteiger charge is -2.15. The van der Waals surface area contributed by atoms with Crippen molar-refractivity contribution in [1.29, 1.82) is 0 Å². The third kappa shape index (κ3) is 5.08. The molecule has 3 N–H and O–H groups in total. The molecule has 8 nitrogen and oxygen atoms in total. The number of aliphatic hydroxyl groups is 1. The Kier molecular flexibility index (Phi) is 6.24. The Morgan fingerprint density at radius 1 is 1.12 bits per heavy atom.